The molecule has 112 valence electrons. The van der Waals surface area contributed by atoms with Gasteiger partial charge in [0.2, 0.25) is 0 Å². The molecule has 5 heteroatoms. The van der Waals surface area contributed by atoms with Gasteiger partial charge in [0.15, 0.2) is 6.10 Å². The van der Waals surface area contributed by atoms with E-state index in [2.05, 4.69) is 10.3 Å². The molecule has 1 N–H and O–H groups in total. The molecule has 0 fully saturated rings. The molecule has 2 rings (SSSR count). The van der Waals surface area contributed by atoms with E-state index in [0.29, 0.717) is 18.7 Å². The smallest absolute Gasteiger partial charge is 0.261 e. The lowest BCUT2D eigenvalue weighted by atomic mass is 10.2. The van der Waals surface area contributed by atoms with Crippen molar-refractivity contribution < 1.29 is 9.53 Å². The Kier molecular flexibility index (Phi) is 5.37. The van der Waals surface area contributed by atoms with E-state index < -0.39 is 6.10 Å². The van der Waals surface area contributed by atoms with Crippen molar-refractivity contribution in [1.82, 2.24) is 14.9 Å². The molecule has 0 bridgehead atoms. The summed E-state index contributed by atoms with van der Waals surface area (Å²) >= 11 is 0. The summed E-state index contributed by atoms with van der Waals surface area (Å²) in [7, 11) is 0. The van der Waals surface area contributed by atoms with Crippen molar-refractivity contribution in [3.8, 4) is 5.75 Å². The Labute approximate surface area is 125 Å². The van der Waals surface area contributed by atoms with Crippen molar-refractivity contribution in [3.63, 3.8) is 0 Å². The average Bonchev–Trinajstić information content (AvgIpc) is 2.98. The Morgan fingerprint density at radius 2 is 2.14 bits per heavy atom. The molecule has 0 spiro atoms. The van der Waals surface area contributed by atoms with E-state index in [4.69, 9.17) is 4.74 Å². The molecule has 1 amide bonds. The molecule has 0 aliphatic carbocycles. The van der Waals surface area contributed by atoms with Crippen molar-refractivity contribution in [2.75, 3.05) is 0 Å². The lowest BCUT2D eigenvalue weighted by Gasteiger charge is -2.20. The first-order chi connectivity index (χ1) is 10.2. The molecule has 21 heavy (non-hydrogen) atoms. The van der Waals surface area contributed by atoms with Crippen LogP contribution in [0.2, 0.25) is 0 Å². The molecule has 0 radical (unpaired) electrons. The second-order valence-electron chi connectivity index (χ2n) is 5.00. The maximum atomic E-state index is 12.3. The third-order valence-electron chi connectivity index (χ3n) is 3.12. The van der Waals surface area contributed by atoms with Crippen molar-refractivity contribution in [2.45, 2.75) is 39.0 Å². The summed E-state index contributed by atoms with van der Waals surface area (Å²) in [5.74, 6) is 0.621. The number of para-hydroxylation sites is 1. The number of amides is 1. The summed E-state index contributed by atoms with van der Waals surface area (Å²) in [5, 5.41) is 2.98. The Morgan fingerprint density at radius 1 is 1.38 bits per heavy atom. The summed E-state index contributed by atoms with van der Waals surface area (Å²) in [6.45, 7) is 4.59. The van der Waals surface area contributed by atoms with Crippen molar-refractivity contribution >= 4 is 5.91 Å². The summed E-state index contributed by atoms with van der Waals surface area (Å²) in [6, 6.07) is 9.42. The first kappa shape index (κ1) is 15.1. The van der Waals surface area contributed by atoms with Gasteiger partial charge >= 0.3 is 0 Å². The van der Waals surface area contributed by atoms with Crippen LogP contribution in [0.3, 0.4) is 0 Å². The van der Waals surface area contributed by atoms with Gasteiger partial charge in [-0.2, -0.15) is 0 Å². The lowest BCUT2D eigenvalue weighted by Crippen LogP contribution is -2.43. The van der Waals surface area contributed by atoms with E-state index in [1.807, 2.05) is 54.9 Å². The minimum atomic E-state index is -0.474. The summed E-state index contributed by atoms with van der Waals surface area (Å²) < 4.78 is 7.66. The van der Waals surface area contributed by atoms with Crippen LogP contribution < -0.4 is 10.1 Å². The van der Waals surface area contributed by atoms with E-state index in [1.165, 1.54) is 0 Å². The van der Waals surface area contributed by atoms with Crippen molar-refractivity contribution in [3.05, 3.63) is 49.1 Å². The third-order valence-corrected chi connectivity index (χ3v) is 3.12. The maximum Gasteiger partial charge on any atom is 0.261 e. The van der Waals surface area contributed by atoms with E-state index >= 15 is 0 Å². The molecule has 0 saturated carbocycles. The molecule has 1 aromatic heterocycles. The van der Waals surface area contributed by atoms with Gasteiger partial charge in [0.05, 0.1) is 6.33 Å². The number of carbonyl (C=O) groups excluding carboxylic acids is 1. The number of nitrogens with one attached hydrogen (secondary N) is 1. The van der Waals surface area contributed by atoms with Crippen LogP contribution in [0.4, 0.5) is 0 Å². The molecule has 5 nitrogen and oxygen atoms in total. The Morgan fingerprint density at radius 3 is 2.76 bits per heavy atom. The molecule has 1 heterocycles. The fraction of sp³-hybridized carbons (Fsp3) is 0.375. The van der Waals surface area contributed by atoms with Gasteiger partial charge in [-0.25, -0.2) is 4.98 Å². The van der Waals surface area contributed by atoms with Gasteiger partial charge in [0.25, 0.3) is 5.91 Å². The highest BCUT2D eigenvalue weighted by Crippen LogP contribution is 2.12. The van der Waals surface area contributed by atoms with Crippen LogP contribution in [0.15, 0.2) is 49.1 Å². The van der Waals surface area contributed by atoms with Crippen LogP contribution in [0.1, 0.15) is 20.3 Å². The summed E-state index contributed by atoms with van der Waals surface area (Å²) in [6.07, 6.45) is 5.49. The topological polar surface area (TPSA) is 56.1 Å². The molecule has 0 unspecified atom stereocenters. The highest BCUT2D eigenvalue weighted by atomic mass is 16.5. The number of ether oxygens (including phenoxy) is 1. The monoisotopic (exact) mass is 287 g/mol. The SMILES string of the molecule is CC[C@H](Oc1ccccc1)C(=O)N[C@H](C)Cn1ccnc1. The maximum absolute atomic E-state index is 12.3. The molecule has 2 atom stereocenters. The average molecular weight is 287 g/mol. The Balaban J connectivity index is 1.87. The standard InChI is InChI=1S/C16H21N3O2/c1-3-15(21-14-7-5-4-6-8-14)16(20)18-13(2)11-19-10-9-17-12-19/h4-10,12-13,15H,3,11H2,1-2H3,(H,18,20)/t13-,15+/m1/s1. The third kappa shape index (κ3) is 4.63. The van der Waals surface area contributed by atoms with Crippen LogP contribution in [0.25, 0.3) is 0 Å². The molecule has 0 saturated heterocycles. The van der Waals surface area contributed by atoms with Gasteiger partial charge in [-0.3, -0.25) is 4.79 Å². The van der Waals surface area contributed by atoms with Crippen molar-refractivity contribution in [2.24, 2.45) is 0 Å². The van der Waals surface area contributed by atoms with E-state index in [-0.39, 0.29) is 11.9 Å². The van der Waals surface area contributed by atoms with Crippen LogP contribution in [-0.4, -0.2) is 27.6 Å². The number of hydrogen-bond donors (Lipinski definition) is 1. The van der Waals surface area contributed by atoms with Gasteiger partial charge in [-0.15, -0.1) is 0 Å². The number of aromatic nitrogens is 2. The number of rotatable bonds is 7. The van der Waals surface area contributed by atoms with Crippen LogP contribution in [-0.2, 0) is 11.3 Å². The summed E-state index contributed by atoms with van der Waals surface area (Å²) in [5.41, 5.74) is 0. The fourth-order valence-corrected chi connectivity index (χ4v) is 2.08. The highest BCUT2D eigenvalue weighted by Gasteiger charge is 2.20. The fourth-order valence-electron chi connectivity index (χ4n) is 2.08. The quantitative estimate of drug-likeness (QED) is 0.849. The predicted octanol–water partition coefficient (Wildman–Crippen LogP) is 2.25. The van der Waals surface area contributed by atoms with Gasteiger partial charge in [-0.1, -0.05) is 25.1 Å². The van der Waals surface area contributed by atoms with Crippen LogP contribution >= 0.6 is 0 Å². The van der Waals surface area contributed by atoms with E-state index in [9.17, 15) is 4.79 Å². The normalized spacial score (nSPS) is 13.4. The second-order valence-corrected chi connectivity index (χ2v) is 5.00. The Hall–Kier alpha value is -2.30. The summed E-state index contributed by atoms with van der Waals surface area (Å²) in [4.78, 5) is 16.2. The number of hydrogen-bond acceptors (Lipinski definition) is 3. The molecule has 0 aliphatic heterocycles. The minimum absolute atomic E-state index is 0.0140. The second kappa shape index (κ2) is 7.47. The van der Waals surface area contributed by atoms with Crippen LogP contribution in [0, 0.1) is 0 Å². The molecular weight excluding hydrogens is 266 g/mol. The van der Waals surface area contributed by atoms with Crippen molar-refractivity contribution in [1.29, 1.82) is 0 Å². The number of carbonyl (C=O) groups is 1. The largest absolute Gasteiger partial charge is 0.481 e. The lowest BCUT2D eigenvalue weighted by molar-refractivity contribution is -0.128. The highest BCUT2D eigenvalue weighted by molar-refractivity contribution is 5.81. The molecule has 1 aromatic carbocycles. The minimum Gasteiger partial charge on any atom is -0.481 e. The molecule has 2 aromatic rings. The van der Waals surface area contributed by atoms with Gasteiger partial charge < -0.3 is 14.6 Å². The first-order valence-electron chi connectivity index (χ1n) is 7.17. The molecule has 0 aliphatic rings. The zero-order chi connectivity index (χ0) is 15.1. The zero-order valence-corrected chi connectivity index (χ0v) is 12.4. The number of benzene rings is 1. The Bertz CT molecular complexity index is 540. The van der Waals surface area contributed by atoms with E-state index in [1.54, 1.807) is 12.5 Å². The zero-order valence-electron chi connectivity index (χ0n) is 12.4. The van der Waals surface area contributed by atoms with Crippen LogP contribution in [0.5, 0.6) is 5.75 Å². The number of nitrogens with zero attached hydrogens (tertiary/aromatic N) is 2. The first-order valence-corrected chi connectivity index (χ1v) is 7.17. The van der Waals surface area contributed by atoms with Gasteiger partial charge in [0.1, 0.15) is 5.75 Å². The van der Waals surface area contributed by atoms with Gasteiger partial charge in [-0.05, 0) is 25.5 Å². The number of imidazole rings is 1. The van der Waals surface area contributed by atoms with Gasteiger partial charge in [0, 0.05) is 25.0 Å². The van der Waals surface area contributed by atoms with E-state index in [0.717, 1.165) is 0 Å². The molecular formula is C16H21N3O2. The predicted molar refractivity (Wildman–Crippen MR) is 81.0 cm³/mol.